The van der Waals surface area contributed by atoms with Crippen LogP contribution in [-0.4, -0.2) is 57.2 Å². The van der Waals surface area contributed by atoms with Gasteiger partial charge in [0.1, 0.15) is 0 Å². The Morgan fingerprint density at radius 1 is 1.56 bits per heavy atom. The zero-order valence-electron chi connectivity index (χ0n) is 10.8. The molecule has 104 valence electrons. The molecular formula is C11H20N2O4S. The van der Waals surface area contributed by atoms with Crippen molar-refractivity contribution in [2.75, 3.05) is 32.5 Å². The van der Waals surface area contributed by atoms with E-state index < -0.39 is 15.4 Å². The first-order valence-electron chi connectivity index (χ1n) is 6.28. The van der Waals surface area contributed by atoms with E-state index >= 15 is 0 Å². The minimum Gasteiger partial charge on any atom is -0.377 e. The Kier molecular flexibility index (Phi) is 3.66. The van der Waals surface area contributed by atoms with E-state index in [1.807, 2.05) is 0 Å². The van der Waals surface area contributed by atoms with Gasteiger partial charge in [-0.15, -0.1) is 0 Å². The second-order valence-electron chi connectivity index (χ2n) is 4.87. The summed E-state index contributed by atoms with van der Waals surface area (Å²) in [4.78, 5) is 12.1. The normalized spacial score (nSPS) is 33.1. The number of nitrogens with zero attached hydrogens (tertiary/aromatic N) is 1. The van der Waals surface area contributed by atoms with E-state index in [4.69, 9.17) is 4.74 Å². The monoisotopic (exact) mass is 276 g/mol. The molecule has 0 unspecified atom stereocenters. The van der Waals surface area contributed by atoms with Gasteiger partial charge in [-0.05, 0) is 19.8 Å². The van der Waals surface area contributed by atoms with E-state index in [1.165, 1.54) is 4.31 Å². The second-order valence-corrected chi connectivity index (χ2v) is 7.13. The SMILES string of the molecule is CCS(=O)(=O)N1CC[C@H]2OCC[C@@]2(C(=O)NC)C1. The molecule has 2 aliphatic rings. The summed E-state index contributed by atoms with van der Waals surface area (Å²) in [5.74, 6) is -0.0384. The summed E-state index contributed by atoms with van der Waals surface area (Å²) >= 11 is 0. The van der Waals surface area contributed by atoms with Crippen LogP contribution in [0.5, 0.6) is 0 Å². The van der Waals surface area contributed by atoms with Gasteiger partial charge in [-0.2, -0.15) is 0 Å². The molecule has 2 rings (SSSR count). The number of carbonyl (C=O) groups is 1. The van der Waals surface area contributed by atoms with Gasteiger partial charge in [-0.1, -0.05) is 0 Å². The molecule has 0 aliphatic carbocycles. The number of hydrogen-bond acceptors (Lipinski definition) is 4. The van der Waals surface area contributed by atoms with Gasteiger partial charge < -0.3 is 10.1 Å². The van der Waals surface area contributed by atoms with Gasteiger partial charge in [-0.3, -0.25) is 4.79 Å². The largest absolute Gasteiger partial charge is 0.377 e. The van der Waals surface area contributed by atoms with Crippen LogP contribution in [0.25, 0.3) is 0 Å². The molecule has 0 saturated carbocycles. The molecule has 0 radical (unpaired) electrons. The number of nitrogens with one attached hydrogen (secondary N) is 1. The van der Waals surface area contributed by atoms with Crippen LogP contribution >= 0.6 is 0 Å². The van der Waals surface area contributed by atoms with Crippen LogP contribution in [0, 0.1) is 5.41 Å². The van der Waals surface area contributed by atoms with E-state index in [0.717, 1.165) is 0 Å². The third kappa shape index (κ3) is 2.04. The quantitative estimate of drug-likeness (QED) is 0.758. The van der Waals surface area contributed by atoms with E-state index in [2.05, 4.69) is 5.32 Å². The molecule has 0 aromatic rings. The third-order valence-electron chi connectivity index (χ3n) is 4.02. The summed E-state index contributed by atoms with van der Waals surface area (Å²) in [6.45, 7) is 2.84. The maximum Gasteiger partial charge on any atom is 0.230 e. The van der Waals surface area contributed by atoms with Crippen molar-refractivity contribution in [3.05, 3.63) is 0 Å². The van der Waals surface area contributed by atoms with Gasteiger partial charge in [0.15, 0.2) is 0 Å². The molecule has 0 aromatic carbocycles. The van der Waals surface area contributed by atoms with Crippen molar-refractivity contribution in [1.29, 1.82) is 0 Å². The van der Waals surface area contributed by atoms with Gasteiger partial charge in [0, 0.05) is 26.7 Å². The smallest absolute Gasteiger partial charge is 0.230 e. The zero-order valence-corrected chi connectivity index (χ0v) is 11.6. The molecule has 1 amide bonds. The molecule has 0 aromatic heterocycles. The number of piperidine rings is 1. The van der Waals surface area contributed by atoms with Crippen molar-refractivity contribution in [3.63, 3.8) is 0 Å². The molecule has 0 spiro atoms. The number of ether oxygens (including phenoxy) is 1. The predicted octanol–water partition coefficient (Wildman–Crippen LogP) is -0.437. The summed E-state index contributed by atoms with van der Waals surface area (Å²) in [7, 11) is -1.66. The first-order chi connectivity index (χ1) is 8.46. The summed E-state index contributed by atoms with van der Waals surface area (Å²) in [5.41, 5.74) is -0.699. The molecule has 7 heteroatoms. The number of carbonyl (C=O) groups excluding carboxylic acids is 1. The number of sulfonamides is 1. The van der Waals surface area contributed by atoms with Crippen LogP contribution in [0.1, 0.15) is 19.8 Å². The Hall–Kier alpha value is -0.660. The van der Waals surface area contributed by atoms with Crippen LogP contribution in [0.2, 0.25) is 0 Å². The lowest BCUT2D eigenvalue weighted by Gasteiger charge is -2.41. The molecule has 2 fully saturated rings. The number of amides is 1. The fourth-order valence-corrected chi connectivity index (χ4v) is 4.08. The van der Waals surface area contributed by atoms with Crippen molar-refractivity contribution in [1.82, 2.24) is 9.62 Å². The molecule has 2 saturated heterocycles. The van der Waals surface area contributed by atoms with Gasteiger partial charge in [0.25, 0.3) is 0 Å². The summed E-state index contributed by atoms with van der Waals surface area (Å²) < 4.78 is 30.9. The molecule has 18 heavy (non-hydrogen) atoms. The lowest BCUT2D eigenvalue weighted by Crippen LogP contribution is -2.57. The zero-order chi connectivity index (χ0) is 13.4. The average molecular weight is 276 g/mol. The lowest BCUT2D eigenvalue weighted by atomic mass is 9.76. The first kappa shape index (κ1) is 13.8. The van der Waals surface area contributed by atoms with Crippen molar-refractivity contribution < 1.29 is 17.9 Å². The topological polar surface area (TPSA) is 75.7 Å². The molecule has 1 N–H and O–H groups in total. The average Bonchev–Trinajstić information content (AvgIpc) is 2.81. The molecule has 6 nitrogen and oxygen atoms in total. The number of hydrogen-bond donors (Lipinski definition) is 1. The van der Waals surface area contributed by atoms with Crippen molar-refractivity contribution in [3.8, 4) is 0 Å². The minimum atomic E-state index is -3.24. The fraction of sp³-hybridized carbons (Fsp3) is 0.909. The first-order valence-corrected chi connectivity index (χ1v) is 7.89. The fourth-order valence-electron chi connectivity index (χ4n) is 2.90. The number of rotatable bonds is 3. The van der Waals surface area contributed by atoms with Crippen LogP contribution in [-0.2, 0) is 19.6 Å². The van der Waals surface area contributed by atoms with Gasteiger partial charge in [0.2, 0.25) is 15.9 Å². The highest BCUT2D eigenvalue weighted by Crippen LogP contribution is 2.41. The van der Waals surface area contributed by atoms with E-state index in [9.17, 15) is 13.2 Å². The third-order valence-corrected chi connectivity index (χ3v) is 5.85. The van der Waals surface area contributed by atoms with Crippen LogP contribution in [0.15, 0.2) is 0 Å². The molecule has 2 atom stereocenters. The van der Waals surface area contributed by atoms with E-state index in [0.29, 0.717) is 26.0 Å². The molecular weight excluding hydrogens is 256 g/mol. The van der Waals surface area contributed by atoms with Crippen molar-refractivity contribution in [2.24, 2.45) is 5.41 Å². The summed E-state index contributed by atoms with van der Waals surface area (Å²) in [6, 6.07) is 0. The Bertz CT molecular complexity index is 436. The highest BCUT2D eigenvalue weighted by molar-refractivity contribution is 7.89. The Labute approximate surface area is 108 Å². The van der Waals surface area contributed by atoms with Crippen molar-refractivity contribution in [2.45, 2.75) is 25.9 Å². The maximum atomic E-state index is 12.1. The van der Waals surface area contributed by atoms with Gasteiger partial charge in [-0.25, -0.2) is 12.7 Å². The summed E-state index contributed by atoms with van der Waals surface area (Å²) in [6.07, 6.45) is 1.03. The Morgan fingerprint density at radius 3 is 2.89 bits per heavy atom. The Balaban J connectivity index is 2.28. The van der Waals surface area contributed by atoms with Gasteiger partial charge >= 0.3 is 0 Å². The molecule has 2 heterocycles. The second kappa shape index (κ2) is 4.79. The molecule has 0 bridgehead atoms. The number of fused-ring (bicyclic) bond motifs is 1. The summed E-state index contributed by atoms with van der Waals surface area (Å²) in [5, 5.41) is 2.65. The standard InChI is InChI=1S/C11H20N2O4S/c1-3-18(15,16)13-6-4-9-11(8-13,5-7-17-9)10(14)12-2/h9H,3-8H2,1-2H3,(H,12,14)/t9-,11-/m1/s1. The lowest BCUT2D eigenvalue weighted by molar-refractivity contribution is -0.136. The van der Waals surface area contributed by atoms with Crippen LogP contribution in [0.3, 0.4) is 0 Å². The van der Waals surface area contributed by atoms with E-state index in [-0.39, 0.29) is 24.3 Å². The molecule has 2 aliphatic heterocycles. The maximum absolute atomic E-state index is 12.1. The van der Waals surface area contributed by atoms with Gasteiger partial charge in [0.05, 0.1) is 17.3 Å². The Morgan fingerprint density at radius 2 is 2.28 bits per heavy atom. The highest BCUT2D eigenvalue weighted by atomic mass is 32.2. The van der Waals surface area contributed by atoms with Crippen LogP contribution < -0.4 is 5.32 Å². The van der Waals surface area contributed by atoms with E-state index in [1.54, 1.807) is 14.0 Å². The predicted molar refractivity (Wildman–Crippen MR) is 66.5 cm³/mol. The minimum absolute atomic E-state index is 0.0718. The van der Waals surface area contributed by atoms with Crippen LogP contribution in [0.4, 0.5) is 0 Å². The highest BCUT2D eigenvalue weighted by Gasteiger charge is 2.54. The van der Waals surface area contributed by atoms with Crippen molar-refractivity contribution >= 4 is 15.9 Å².